The molecule has 0 radical (unpaired) electrons. The van der Waals surface area contributed by atoms with Gasteiger partial charge < -0.3 is 9.47 Å². The largest absolute Gasteiger partial charge is 0.494 e. The standard InChI is InChI=1S/C17H25FO3/c1-4-5-6-7-8-13(2)21-12-16(19)14-9-10-17(20-3)15(18)11-14/h9-11,13H,4-8,12H2,1-3H3. The van der Waals surface area contributed by atoms with Gasteiger partial charge in [0.15, 0.2) is 17.3 Å². The van der Waals surface area contributed by atoms with Gasteiger partial charge in [-0.05, 0) is 31.5 Å². The van der Waals surface area contributed by atoms with Crippen molar-refractivity contribution in [1.29, 1.82) is 0 Å². The second-order valence-corrected chi connectivity index (χ2v) is 5.24. The molecular weight excluding hydrogens is 271 g/mol. The molecule has 0 aliphatic rings. The van der Waals surface area contributed by atoms with Gasteiger partial charge in [0.05, 0.1) is 13.2 Å². The van der Waals surface area contributed by atoms with Gasteiger partial charge in [0.25, 0.3) is 0 Å². The van der Waals surface area contributed by atoms with E-state index < -0.39 is 5.82 Å². The summed E-state index contributed by atoms with van der Waals surface area (Å²) in [5.41, 5.74) is 0.312. The first-order valence-corrected chi connectivity index (χ1v) is 7.56. The van der Waals surface area contributed by atoms with Crippen molar-refractivity contribution in [3.8, 4) is 5.75 Å². The lowest BCUT2D eigenvalue weighted by Crippen LogP contribution is -2.16. The highest BCUT2D eigenvalue weighted by molar-refractivity contribution is 5.97. The Morgan fingerprint density at radius 1 is 1.29 bits per heavy atom. The predicted molar refractivity (Wildman–Crippen MR) is 81.5 cm³/mol. The van der Waals surface area contributed by atoms with Crippen LogP contribution in [-0.2, 0) is 4.74 Å². The van der Waals surface area contributed by atoms with Gasteiger partial charge >= 0.3 is 0 Å². The highest BCUT2D eigenvalue weighted by Crippen LogP contribution is 2.18. The van der Waals surface area contributed by atoms with Gasteiger partial charge in [-0.25, -0.2) is 4.39 Å². The van der Waals surface area contributed by atoms with E-state index >= 15 is 0 Å². The molecule has 0 aliphatic carbocycles. The Kier molecular flexibility index (Phi) is 7.98. The fourth-order valence-corrected chi connectivity index (χ4v) is 2.08. The molecule has 1 unspecified atom stereocenters. The molecule has 1 aromatic rings. The van der Waals surface area contributed by atoms with Crippen LogP contribution in [0.2, 0.25) is 0 Å². The van der Waals surface area contributed by atoms with Crippen molar-refractivity contribution in [2.24, 2.45) is 0 Å². The molecule has 0 bridgehead atoms. The number of ether oxygens (including phenoxy) is 2. The Balaban J connectivity index is 2.37. The van der Waals surface area contributed by atoms with Crippen molar-refractivity contribution in [2.45, 2.75) is 52.1 Å². The van der Waals surface area contributed by atoms with Crippen LogP contribution in [0.4, 0.5) is 4.39 Å². The Morgan fingerprint density at radius 2 is 2.05 bits per heavy atom. The molecule has 1 rings (SSSR count). The molecule has 118 valence electrons. The summed E-state index contributed by atoms with van der Waals surface area (Å²) in [5.74, 6) is -0.607. The number of methoxy groups -OCH3 is 1. The number of carbonyl (C=O) groups excluding carboxylic acids is 1. The Labute approximate surface area is 126 Å². The van der Waals surface area contributed by atoms with Gasteiger partial charge in [0.1, 0.15) is 6.61 Å². The number of Topliss-reactive ketones (excluding diaryl/α,β-unsaturated/α-hetero) is 1. The molecule has 0 fully saturated rings. The molecule has 0 amide bonds. The van der Waals surface area contributed by atoms with E-state index in [4.69, 9.17) is 9.47 Å². The van der Waals surface area contributed by atoms with Crippen LogP contribution < -0.4 is 4.74 Å². The average molecular weight is 296 g/mol. The minimum Gasteiger partial charge on any atom is -0.494 e. The molecule has 0 saturated heterocycles. The lowest BCUT2D eigenvalue weighted by atomic mass is 10.1. The quantitative estimate of drug-likeness (QED) is 0.474. The average Bonchev–Trinajstić information content (AvgIpc) is 2.49. The molecule has 0 aliphatic heterocycles. The number of hydrogen-bond donors (Lipinski definition) is 0. The normalized spacial score (nSPS) is 12.2. The highest BCUT2D eigenvalue weighted by Gasteiger charge is 2.12. The first kappa shape index (κ1) is 17.6. The first-order valence-electron chi connectivity index (χ1n) is 7.56. The van der Waals surface area contributed by atoms with Gasteiger partial charge in [-0.1, -0.05) is 32.6 Å². The van der Waals surface area contributed by atoms with E-state index in [9.17, 15) is 9.18 Å². The molecule has 1 aromatic carbocycles. The third-order valence-corrected chi connectivity index (χ3v) is 3.44. The van der Waals surface area contributed by atoms with Crippen LogP contribution in [0.1, 0.15) is 56.3 Å². The molecule has 0 spiro atoms. The maximum atomic E-state index is 13.5. The predicted octanol–water partition coefficient (Wildman–Crippen LogP) is 4.39. The number of hydrogen-bond acceptors (Lipinski definition) is 3. The number of unbranched alkanes of at least 4 members (excludes halogenated alkanes) is 3. The summed E-state index contributed by atoms with van der Waals surface area (Å²) in [5, 5.41) is 0. The van der Waals surface area contributed by atoms with Gasteiger partial charge in [-0.2, -0.15) is 0 Å². The fourth-order valence-electron chi connectivity index (χ4n) is 2.08. The summed E-state index contributed by atoms with van der Waals surface area (Å²) in [6.07, 6.45) is 5.74. The zero-order valence-corrected chi connectivity index (χ0v) is 13.2. The number of carbonyl (C=O) groups is 1. The zero-order chi connectivity index (χ0) is 15.7. The van der Waals surface area contributed by atoms with Crippen molar-refractivity contribution >= 4 is 5.78 Å². The van der Waals surface area contributed by atoms with Crippen LogP contribution in [0.25, 0.3) is 0 Å². The van der Waals surface area contributed by atoms with Crippen LogP contribution in [0.15, 0.2) is 18.2 Å². The Hall–Kier alpha value is -1.42. The SMILES string of the molecule is CCCCCCC(C)OCC(=O)c1ccc(OC)c(F)c1. The van der Waals surface area contributed by atoms with Crippen LogP contribution in [-0.4, -0.2) is 25.6 Å². The third kappa shape index (κ3) is 6.25. The topological polar surface area (TPSA) is 35.5 Å². The second kappa shape index (κ2) is 9.50. The summed E-state index contributed by atoms with van der Waals surface area (Å²) >= 11 is 0. The van der Waals surface area contributed by atoms with Crippen molar-refractivity contribution in [1.82, 2.24) is 0 Å². The van der Waals surface area contributed by atoms with Gasteiger partial charge in [0.2, 0.25) is 0 Å². The van der Waals surface area contributed by atoms with E-state index in [1.165, 1.54) is 38.5 Å². The van der Waals surface area contributed by atoms with Crippen LogP contribution in [0.5, 0.6) is 5.75 Å². The fraction of sp³-hybridized carbons (Fsp3) is 0.588. The molecule has 1 atom stereocenters. The van der Waals surface area contributed by atoms with E-state index in [2.05, 4.69) is 6.92 Å². The summed E-state index contributed by atoms with van der Waals surface area (Å²) in [6.45, 7) is 4.13. The van der Waals surface area contributed by atoms with Crippen molar-refractivity contribution in [3.05, 3.63) is 29.6 Å². The summed E-state index contributed by atoms with van der Waals surface area (Å²) < 4.78 is 23.9. The Morgan fingerprint density at radius 3 is 2.67 bits per heavy atom. The van der Waals surface area contributed by atoms with E-state index in [1.807, 2.05) is 6.92 Å². The maximum Gasteiger partial charge on any atom is 0.188 e. The summed E-state index contributed by atoms with van der Waals surface area (Å²) in [7, 11) is 1.39. The summed E-state index contributed by atoms with van der Waals surface area (Å²) in [4.78, 5) is 11.9. The monoisotopic (exact) mass is 296 g/mol. The maximum absolute atomic E-state index is 13.5. The number of ketones is 1. The van der Waals surface area contributed by atoms with E-state index in [0.29, 0.717) is 5.56 Å². The smallest absolute Gasteiger partial charge is 0.188 e. The summed E-state index contributed by atoms with van der Waals surface area (Å²) in [6, 6.07) is 4.20. The van der Waals surface area contributed by atoms with Crippen LogP contribution in [0.3, 0.4) is 0 Å². The number of rotatable bonds is 10. The molecule has 4 heteroatoms. The van der Waals surface area contributed by atoms with E-state index in [-0.39, 0.29) is 24.2 Å². The highest BCUT2D eigenvalue weighted by atomic mass is 19.1. The van der Waals surface area contributed by atoms with E-state index in [0.717, 1.165) is 12.8 Å². The van der Waals surface area contributed by atoms with Crippen molar-refractivity contribution < 1.29 is 18.7 Å². The van der Waals surface area contributed by atoms with Gasteiger partial charge in [-0.15, -0.1) is 0 Å². The molecule has 3 nitrogen and oxygen atoms in total. The van der Waals surface area contributed by atoms with Crippen LogP contribution in [0, 0.1) is 5.82 Å². The minimum absolute atomic E-state index is 0.0132. The van der Waals surface area contributed by atoms with Gasteiger partial charge in [-0.3, -0.25) is 4.79 Å². The van der Waals surface area contributed by atoms with Crippen molar-refractivity contribution in [2.75, 3.05) is 13.7 Å². The number of halogens is 1. The minimum atomic E-state index is -0.532. The number of benzene rings is 1. The molecule has 0 N–H and O–H groups in total. The first-order chi connectivity index (χ1) is 10.1. The molecule has 0 aromatic heterocycles. The Bertz CT molecular complexity index is 446. The lowest BCUT2D eigenvalue weighted by Gasteiger charge is -2.12. The van der Waals surface area contributed by atoms with Crippen molar-refractivity contribution in [3.63, 3.8) is 0 Å². The molecule has 0 saturated carbocycles. The molecular formula is C17H25FO3. The third-order valence-electron chi connectivity index (χ3n) is 3.44. The zero-order valence-electron chi connectivity index (χ0n) is 13.2. The van der Waals surface area contributed by atoms with Gasteiger partial charge in [0, 0.05) is 5.56 Å². The lowest BCUT2D eigenvalue weighted by molar-refractivity contribution is 0.0483. The van der Waals surface area contributed by atoms with Crippen LogP contribution >= 0.6 is 0 Å². The molecule has 21 heavy (non-hydrogen) atoms. The van der Waals surface area contributed by atoms with E-state index in [1.54, 1.807) is 6.07 Å². The molecule has 0 heterocycles. The second-order valence-electron chi connectivity index (χ2n) is 5.24.